The number of ether oxygens (including phenoxy) is 1. The van der Waals surface area contributed by atoms with Crippen LogP contribution in [0.1, 0.15) is 49.7 Å². The highest BCUT2D eigenvalue weighted by Gasteiger charge is 2.37. The van der Waals surface area contributed by atoms with Crippen LogP contribution in [0.25, 0.3) is 20.8 Å². The number of hydrogen-bond acceptors (Lipinski definition) is 4. The monoisotopic (exact) mass is 448 g/mol. The van der Waals surface area contributed by atoms with Crippen molar-refractivity contribution < 1.29 is 4.74 Å². The third kappa shape index (κ3) is 3.63. The third-order valence-electron chi connectivity index (χ3n) is 7.90. The van der Waals surface area contributed by atoms with E-state index in [9.17, 15) is 0 Å². The highest BCUT2D eigenvalue weighted by atomic mass is 32.1. The molecule has 0 amide bonds. The minimum Gasteiger partial charge on any atom is -0.378 e. The van der Waals surface area contributed by atoms with E-state index in [1.807, 2.05) is 11.3 Å². The number of nitrogens with zero attached hydrogens (tertiary/aromatic N) is 3. The molecule has 0 N–H and O–H groups in total. The van der Waals surface area contributed by atoms with Gasteiger partial charge >= 0.3 is 0 Å². The molecular weight excluding hydrogens is 414 g/mol. The molecule has 2 aliphatic carbocycles. The Morgan fingerprint density at radius 2 is 1.78 bits per heavy atom. The highest BCUT2D eigenvalue weighted by molar-refractivity contribution is 7.21. The maximum atomic E-state index is 5.56. The van der Waals surface area contributed by atoms with Crippen LogP contribution in [0.5, 0.6) is 0 Å². The van der Waals surface area contributed by atoms with Crippen LogP contribution in [0.4, 0.5) is 5.69 Å². The van der Waals surface area contributed by atoms with Crippen molar-refractivity contribution in [2.45, 2.75) is 58.4 Å². The van der Waals surface area contributed by atoms with Gasteiger partial charge in [-0.3, -0.25) is 0 Å². The second kappa shape index (κ2) is 8.42. The molecule has 0 unspecified atom stereocenters. The number of rotatable bonds is 1. The van der Waals surface area contributed by atoms with E-state index in [0.29, 0.717) is 0 Å². The number of anilines is 1. The van der Waals surface area contributed by atoms with Crippen molar-refractivity contribution in [1.29, 1.82) is 0 Å². The van der Waals surface area contributed by atoms with Gasteiger partial charge in [-0.2, -0.15) is 0 Å². The van der Waals surface area contributed by atoms with Crippen LogP contribution in [0.3, 0.4) is 0 Å². The van der Waals surface area contributed by atoms with Crippen molar-refractivity contribution in [3.05, 3.63) is 40.7 Å². The van der Waals surface area contributed by atoms with Gasteiger partial charge in [-0.1, -0.05) is 6.42 Å². The highest BCUT2D eigenvalue weighted by Crippen LogP contribution is 2.36. The van der Waals surface area contributed by atoms with E-state index in [0.717, 1.165) is 43.8 Å². The molecule has 0 bridgehead atoms. The molecule has 0 radical (unpaired) electrons. The number of piperidine rings is 1. The molecule has 2 atom stereocenters. The molecule has 1 aromatic carbocycles. The van der Waals surface area contributed by atoms with Gasteiger partial charge in [0, 0.05) is 49.7 Å². The first kappa shape index (κ1) is 20.6. The van der Waals surface area contributed by atoms with Gasteiger partial charge in [0.2, 0.25) is 5.36 Å². The van der Waals surface area contributed by atoms with E-state index in [1.165, 1.54) is 82.5 Å². The Morgan fingerprint density at radius 3 is 2.66 bits per heavy atom. The summed E-state index contributed by atoms with van der Waals surface area (Å²) in [6.07, 6.45) is 8.36. The first-order chi connectivity index (χ1) is 15.7. The number of aryl methyl sites for hydroxylation is 2. The predicted molar refractivity (Wildman–Crippen MR) is 134 cm³/mol. The summed E-state index contributed by atoms with van der Waals surface area (Å²) in [5.74, 6) is 0.894. The normalized spacial score (nSPS) is 25.9. The zero-order valence-electron chi connectivity index (χ0n) is 19.4. The average molecular weight is 449 g/mol. The summed E-state index contributed by atoms with van der Waals surface area (Å²) >= 11 is 1.92. The molecule has 32 heavy (non-hydrogen) atoms. The van der Waals surface area contributed by atoms with Gasteiger partial charge in [-0.25, -0.2) is 9.56 Å². The fourth-order valence-corrected chi connectivity index (χ4v) is 7.45. The molecule has 168 valence electrons. The van der Waals surface area contributed by atoms with Crippen LogP contribution < -0.4 is 14.8 Å². The van der Waals surface area contributed by atoms with Crippen molar-refractivity contribution >= 4 is 27.2 Å². The fraction of sp³-hybridized carbons (Fsp3) is 0.556. The summed E-state index contributed by atoms with van der Waals surface area (Å²) in [6.45, 7) is 9.23. The van der Waals surface area contributed by atoms with Crippen molar-refractivity contribution in [2.75, 3.05) is 37.7 Å². The van der Waals surface area contributed by atoms with E-state index < -0.39 is 0 Å². The maximum absolute atomic E-state index is 5.56. The van der Waals surface area contributed by atoms with Crippen molar-refractivity contribution in [2.24, 2.45) is 5.92 Å². The Kier molecular flexibility index (Phi) is 5.42. The van der Waals surface area contributed by atoms with E-state index in [1.54, 1.807) is 0 Å². The minimum absolute atomic E-state index is 0.739. The van der Waals surface area contributed by atoms with Crippen molar-refractivity contribution in [3.63, 3.8) is 0 Å². The molecule has 3 fully saturated rings. The van der Waals surface area contributed by atoms with Gasteiger partial charge in [0.1, 0.15) is 6.54 Å². The summed E-state index contributed by atoms with van der Waals surface area (Å²) in [5.41, 5.74) is 6.22. The van der Waals surface area contributed by atoms with Crippen LogP contribution in [0, 0.1) is 19.8 Å². The first-order valence-electron chi connectivity index (χ1n) is 12.5. The molecule has 0 spiro atoms. The SMILES string of the molecule is Cc1cc(=[N+]2CCC[C@H]3CCCC[C@@H]32)cc2sc3cc(N4CCOCC4)cc(C)c3nc1-2. The summed E-state index contributed by atoms with van der Waals surface area (Å²) < 4.78 is 9.60. The summed E-state index contributed by atoms with van der Waals surface area (Å²) in [5, 5.41) is 1.42. The first-order valence-corrected chi connectivity index (χ1v) is 13.3. The molecule has 1 saturated carbocycles. The second-order valence-corrected chi connectivity index (χ2v) is 11.1. The molecule has 5 heteroatoms. The van der Waals surface area contributed by atoms with Crippen molar-refractivity contribution in [1.82, 2.24) is 9.56 Å². The molecule has 3 aliphatic heterocycles. The molecule has 5 aliphatic rings. The predicted octanol–water partition coefficient (Wildman–Crippen LogP) is 4.98. The number of benzene rings is 2. The van der Waals surface area contributed by atoms with E-state index >= 15 is 0 Å². The zero-order chi connectivity index (χ0) is 21.7. The standard InChI is InChI=1S/C27H34N3OS/c1-18-14-21(29-10-12-31-13-11-29)16-24-26(18)28-27-19(2)15-22(17-25(27)32-24)30-9-5-7-20-6-3-4-8-23(20)30/h14-17,20,23H,3-13H2,1-2H3/q+1/t20-,23+/m1/s1. The number of morpholine rings is 1. The largest absolute Gasteiger partial charge is 0.378 e. The van der Waals surface area contributed by atoms with E-state index in [-0.39, 0.29) is 0 Å². The molecule has 0 aromatic heterocycles. The Morgan fingerprint density at radius 1 is 0.969 bits per heavy atom. The van der Waals surface area contributed by atoms with Gasteiger partial charge in [0.25, 0.3) is 0 Å². The molecule has 3 heterocycles. The summed E-state index contributed by atoms with van der Waals surface area (Å²) in [4.78, 5) is 8.95. The molecule has 1 aromatic rings. The van der Waals surface area contributed by atoms with Gasteiger partial charge < -0.3 is 9.64 Å². The smallest absolute Gasteiger partial charge is 0.201 e. The number of aromatic nitrogens is 1. The number of fused-ring (bicyclic) bond motifs is 3. The van der Waals surface area contributed by atoms with Crippen LogP contribution in [0.15, 0.2) is 24.3 Å². The zero-order valence-corrected chi connectivity index (χ0v) is 20.2. The Labute approximate surface area is 194 Å². The Hall–Kier alpha value is -1.98. The molecule has 6 rings (SSSR count). The summed E-state index contributed by atoms with van der Waals surface area (Å²) in [7, 11) is 0. The Balaban J connectivity index is 1.50. The topological polar surface area (TPSA) is 28.4 Å². The lowest BCUT2D eigenvalue weighted by Crippen LogP contribution is -2.48. The Bertz CT molecular complexity index is 1190. The molecular formula is C27H34N3OS+. The minimum atomic E-state index is 0.739. The lowest BCUT2D eigenvalue weighted by Gasteiger charge is -2.33. The van der Waals surface area contributed by atoms with Gasteiger partial charge in [0.15, 0.2) is 6.04 Å². The van der Waals surface area contributed by atoms with Gasteiger partial charge in [0.05, 0.1) is 34.0 Å². The average Bonchev–Trinajstić information content (AvgIpc) is 2.83. The second-order valence-electron chi connectivity index (χ2n) is 9.98. The third-order valence-corrected chi connectivity index (χ3v) is 8.96. The quantitative estimate of drug-likeness (QED) is 0.388. The maximum Gasteiger partial charge on any atom is 0.201 e. The lowest BCUT2D eigenvalue weighted by molar-refractivity contribution is 0.122. The van der Waals surface area contributed by atoms with Crippen molar-refractivity contribution in [3.8, 4) is 10.6 Å². The van der Waals surface area contributed by atoms with E-state index in [2.05, 4.69) is 47.6 Å². The fourth-order valence-electron chi connectivity index (χ4n) is 6.25. The molecule has 4 nitrogen and oxygen atoms in total. The number of hydrogen-bond donors (Lipinski definition) is 0. The molecule has 2 saturated heterocycles. The summed E-state index contributed by atoms with van der Waals surface area (Å²) in [6, 6.07) is 10.2. The van der Waals surface area contributed by atoms with Crippen LogP contribution >= 0.6 is 11.3 Å². The van der Waals surface area contributed by atoms with Gasteiger partial charge in [-0.15, -0.1) is 11.3 Å². The lowest BCUT2D eigenvalue weighted by atomic mass is 9.79. The van der Waals surface area contributed by atoms with Crippen LogP contribution in [-0.2, 0) is 4.74 Å². The van der Waals surface area contributed by atoms with Gasteiger partial charge in [-0.05, 0) is 56.4 Å². The van der Waals surface area contributed by atoms with E-state index in [4.69, 9.17) is 9.72 Å². The van der Waals surface area contributed by atoms with Crippen LogP contribution in [0.2, 0.25) is 0 Å². The van der Waals surface area contributed by atoms with Crippen LogP contribution in [-0.4, -0.2) is 43.9 Å².